The molecule has 2 aromatic rings. The highest BCUT2D eigenvalue weighted by molar-refractivity contribution is 7.86. The SMILES string of the molecule is C=CC(=O)NCCCCNc1c(OCCCCNC(=O)C=C)cc(S(=O)(=O)O)c2ccccc12. The summed E-state index contributed by atoms with van der Waals surface area (Å²) in [5, 5.41) is 9.69. The van der Waals surface area contributed by atoms with E-state index in [0.717, 1.165) is 12.8 Å². The van der Waals surface area contributed by atoms with Gasteiger partial charge in [-0.1, -0.05) is 37.4 Å². The van der Waals surface area contributed by atoms with Crippen molar-refractivity contribution in [3.63, 3.8) is 0 Å². The summed E-state index contributed by atoms with van der Waals surface area (Å²) in [5.41, 5.74) is 0.623. The molecule has 0 aliphatic rings. The molecule has 0 radical (unpaired) electrons. The Morgan fingerprint density at radius 1 is 0.912 bits per heavy atom. The molecular formula is C24H31N3O6S. The molecule has 0 atom stereocenters. The quantitative estimate of drug-likeness (QED) is 0.172. The Bertz CT molecular complexity index is 1130. The number of rotatable bonds is 15. The molecule has 34 heavy (non-hydrogen) atoms. The second-order valence-electron chi connectivity index (χ2n) is 7.45. The minimum Gasteiger partial charge on any atom is -0.491 e. The molecule has 0 fully saturated rings. The van der Waals surface area contributed by atoms with Crippen molar-refractivity contribution in [2.24, 2.45) is 0 Å². The molecule has 0 aliphatic heterocycles. The molecule has 0 heterocycles. The summed E-state index contributed by atoms with van der Waals surface area (Å²) in [6.07, 6.45) is 5.19. The molecule has 2 aromatic carbocycles. The zero-order chi connectivity index (χ0) is 25.0. The number of unbranched alkanes of at least 4 members (excludes halogenated alkanes) is 2. The first-order valence-corrected chi connectivity index (χ1v) is 12.4. The van der Waals surface area contributed by atoms with Crippen LogP contribution in [0.3, 0.4) is 0 Å². The second-order valence-corrected chi connectivity index (χ2v) is 8.84. The van der Waals surface area contributed by atoms with Crippen molar-refractivity contribution in [1.29, 1.82) is 0 Å². The molecule has 0 saturated carbocycles. The first kappa shape index (κ1) is 26.9. The number of carbonyl (C=O) groups is 2. The summed E-state index contributed by atoms with van der Waals surface area (Å²) >= 11 is 0. The van der Waals surface area contributed by atoms with Crippen LogP contribution in [0.25, 0.3) is 10.8 Å². The van der Waals surface area contributed by atoms with Gasteiger partial charge in [0.1, 0.15) is 10.6 Å². The van der Waals surface area contributed by atoms with Crippen LogP contribution in [0, 0.1) is 0 Å². The molecule has 0 saturated heterocycles. The van der Waals surface area contributed by atoms with Gasteiger partial charge in [-0.15, -0.1) is 0 Å². The maximum atomic E-state index is 12.0. The summed E-state index contributed by atoms with van der Waals surface area (Å²) in [6, 6.07) is 8.18. The molecular weight excluding hydrogens is 458 g/mol. The molecule has 0 bridgehead atoms. The second kappa shape index (κ2) is 13.4. The Hall–Kier alpha value is -3.37. The average Bonchev–Trinajstić information content (AvgIpc) is 2.82. The Labute approximate surface area is 200 Å². The van der Waals surface area contributed by atoms with Crippen LogP contribution in [0.15, 0.2) is 60.5 Å². The Morgan fingerprint density at radius 3 is 2.06 bits per heavy atom. The average molecular weight is 490 g/mol. The zero-order valence-electron chi connectivity index (χ0n) is 19.0. The predicted molar refractivity (Wildman–Crippen MR) is 133 cm³/mol. The largest absolute Gasteiger partial charge is 0.491 e. The molecule has 2 amide bonds. The number of nitrogens with one attached hydrogen (secondary N) is 3. The molecule has 10 heteroatoms. The number of hydrogen-bond acceptors (Lipinski definition) is 6. The fourth-order valence-electron chi connectivity index (χ4n) is 3.27. The van der Waals surface area contributed by atoms with Crippen molar-refractivity contribution in [2.75, 3.05) is 31.6 Å². The molecule has 4 N–H and O–H groups in total. The van der Waals surface area contributed by atoms with Crippen LogP contribution in [0.4, 0.5) is 5.69 Å². The number of anilines is 1. The van der Waals surface area contributed by atoms with Gasteiger partial charge in [-0.05, 0) is 37.8 Å². The number of amides is 2. The number of carbonyl (C=O) groups excluding carboxylic acids is 2. The van der Waals surface area contributed by atoms with Gasteiger partial charge in [0, 0.05) is 36.5 Å². The van der Waals surface area contributed by atoms with Crippen LogP contribution in [0.5, 0.6) is 5.75 Å². The van der Waals surface area contributed by atoms with Crippen molar-refractivity contribution in [3.05, 3.63) is 55.6 Å². The van der Waals surface area contributed by atoms with Gasteiger partial charge in [0.15, 0.2) is 0 Å². The van der Waals surface area contributed by atoms with Gasteiger partial charge in [-0.3, -0.25) is 14.1 Å². The van der Waals surface area contributed by atoms with E-state index in [0.29, 0.717) is 54.7 Å². The Kier molecular flexibility index (Phi) is 10.6. The molecule has 2 rings (SSSR count). The highest BCUT2D eigenvalue weighted by Crippen LogP contribution is 2.38. The summed E-state index contributed by atoms with van der Waals surface area (Å²) in [6.45, 7) is 8.63. The van der Waals surface area contributed by atoms with E-state index in [-0.39, 0.29) is 23.3 Å². The maximum absolute atomic E-state index is 12.0. The lowest BCUT2D eigenvalue weighted by molar-refractivity contribution is -0.117. The monoisotopic (exact) mass is 489 g/mol. The standard InChI is InChI=1S/C24H31N3O6S/c1-3-22(28)25-13-7-8-15-27-24-19-12-6-5-11-18(19)21(34(30,31)32)17-20(24)33-16-10-9-14-26-23(29)4-2/h3-6,11-12,17,27H,1-2,7-10,13-16H2,(H,25,28)(H,26,29)(H,30,31,32). The van der Waals surface area contributed by atoms with Gasteiger partial charge in [-0.2, -0.15) is 8.42 Å². The fourth-order valence-corrected chi connectivity index (χ4v) is 3.98. The maximum Gasteiger partial charge on any atom is 0.295 e. The number of fused-ring (bicyclic) bond motifs is 1. The van der Waals surface area contributed by atoms with Crippen molar-refractivity contribution in [3.8, 4) is 5.75 Å². The lowest BCUT2D eigenvalue weighted by Crippen LogP contribution is -2.22. The third-order valence-electron chi connectivity index (χ3n) is 4.95. The van der Waals surface area contributed by atoms with Crippen LogP contribution in [0.2, 0.25) is 0 Å². The minimum atomic E-state index is -4.48. The van der Waals surface area contributed by atoms with E-state index in [1.165, 1.54) is 18.2 Å². The van der Waals surface area contributed by atoms with Crippen LogP contribution < -0.4 is 20.7 Å². The van der Waals surface area contributed by atoms with Gasteiger partial charge in [0.2, 0.25) is 11.8 Å². The van der Waals surface area contributed by atoms with E-state index in [4.69, 9.17) is 4.74 Å². The number of hydrogen-bond donors (Lipinski definition) is 4. The first-order chi connectivity index (χ1) is 16.3. The molecule has 0 spiro atoms. The molecule has 0 unspecified atom stereocenters. The van der Waals surface area contributed by atoms with E-state index in [1.54, 1.807) is 24.3 Å². The van der Waals surface area contributed by atoms with E-state index >= 15 is 0 Å². The zero-order valence-corrected chi connectivity index (χ0v) is 19.8. The van der Waals surface area contributed by atoms with Crippen molar-refractivity contribution in [2.45, 2.75) is 30.6 Å². The number of ether oxygens (including phenoxy) is 1. The first-order valence-electron chi connectivity index (χ1n) is 11.0. The molecule has 0 aliphatic carbocycles. The van der Waals surface area contributed by atoms with Gasteiger partial charge >= 0.3 is 0 Å². The van der Waals surface area contributed by atoms with Gasteiger partial charge in [0.05, 0.1) is 12.3 Å². The highest BCUT2D eigenvalue weighted by Gasteiger charge is 2.20. The van der Waals surface area contributed by atoms with Crippen LogP contribution in [-0.2, 0) is 19.7 Å². The van der Waals surface area contributed by atoms with Crippen LogP contribution in [-0.4, -0.2) is 51.0 Å². The smallest absolute Gasteiger partial charge is 0.295 e. The fraction of sp³-hybridized carbons (Fsp3) is 0.333. The lowest BCUT2D eigenvalue weighted by Gasteiger charge is -2.18. The van der Waals surface area contributed by atoms with E-state index in [9.17, 15) is 22.6 Å². The van der Waals surface area contributed by atoms with Crippen molar-refractivity contribution in [1.82, 2.24) is 10.6 Å². The summed E-state index contributed by atoms with van der Waals surface area (Å²) < 4.78 is 39.7. The predicted octanol–water partition coefficient (Wildman–Crippen LogP) is 3.04. The molecule has 184 valence electrons. The van der Waals surface area contributed by atoms with Gasteiger partial charge in [-0.25, -0.2) is 0 Å². The topological polar surface area (TPSA) is 134 Å². The van der Waals surface area contributed by atoms with Crippen molar-refractivity contribution >= 4 is 38.4 Å². The minimum absolute atomic E-state index is 0.223. The summed E-state index contributed by atoms with van der Waals surface area (Å²) in [5.74, 6) is -0.162. The summed E-state index contributed by atoms with van der Waals surface area (Å²) in [4.78, 5) is 22.2. The van der Waals surface area contributed by atoms with E-state index < -0.39 is 10.1 Å². The highest BCUT2D eigenvalue weighted by atomic mass is 32.2. The van der Waals surface area contributed by atoms with Gasteiger partial charge in [0.25, 0.3) is 10.1 Å². The van der Waals surface area contributed by atoms with Crippen LogP contribution >= 0.6 is 0 Å². The summed E-state index contributed by atoms with van der Waals surface area (Å²) in [7, 11) is -4.48. The number of benzene rings is 2. The Balaban J connectivity index is 2.14. The lowest BCUT2D eigenvalue weighted by atomic mass is 10.1. The molecule has 0 aromatic heterocycles. The van der Waals surface area contributed by atoms with Gasteiger partial charge < -0.3 is 20.7 Å². The Morgan fingerprint density at radius 2 is 1.47 bits per heavy atom. The van der Waals surface area contributed by atoms with Crippen LogP contribution in [0.1, 0.15) is 25.7 Å². The van der Waals surface area contributed by atoms with E-state index in [2.05, 4.69) is 29.1 Å². The third-order valence-corrected chi connectivity index (χ3v) is 5.85. The van der Waals surface area contributed by atoms with E-state index in [1.807, 2.05) is 0 Å². The van der Waals surface area contributed by atoms with Crippen molar-refractivity contribution < 1.29 is 27.3 Å². The third kappa shape index (κ3) is 8.20. The molecule has 9 nitrogen and oxygen atoms in total. The normalized spacial score (nSPS) is 11.0.